The van der Waals surface area contributed by atoms with Gasteiger partial charge in [0.25, 0.3) is 0 Å². The topological polar surface area (TPSA) is 89.0 Å². The number of rotatable bonds is 5. The first-order valence-corrected chi connectivity index (χ1v) is 9.97. The van der Waals surface area contributed by atoms with Crippen molar-refractivity contribution in [3.05, 3.63) is 53.6 Å². The van der Waals surface area contributed by atoms with Gasteiger partial charge in [0.1, 0.15) is 0 Å². The normalized spacial score (nSPS) is 13.0. The lowest BCUT2D eigenvalue weighted by molar-refractivity contribution is 0.174. The number of benzene rings is 2. The number of fused-ring (bicyclic) bond motifs is 1. The molecule has 0 saturated carbocycles. The highest BCUT2D eigenvalue weighted by Gasteiger charge is 2.13. The molecule has 0 atom stereocenters. The fourth-order valence-electron chi connectivity index (χ4n) is 2.50. The summed E-state index contributed by atoms with van der Waals surface area (Å²) < 4.78 is 33.6. The van der Waals surface area contributed by atoms with Crippen LogP contribution in [0.1, 0.15) is 11.1 Å². The van der Waals surface area contributed by atoms with E-state index in [0.717, 1.165) is 22.6 Å². The summed E-state index contributed by atoms with van der Waals surface area (Å²) in [5, 5.41) is 6.43. The van der Waals surface area contributed by atoms with Crippen molar-refractivity contribution in [2.75, 3.05) is 20.1 Å². The number of aliphatic imine (C=N–C) groups is 1. The molecule has 0 fully saturated rings. The fraction of sp³-hybridized carbons (Fsp3) is 0.278. The first-order valence-electron chi connectivity index (χ1n) is 8.08. The van der Waals surface area contributed by atoms with Crippen LogP contribution in [0, 0.1) is 0 Å². The predicted octanol–water partition coefficient (Wildman–Crippen LogP) is 2.30. The summed E-state index contributed by atoms with van der Waals surface area (Å²) >= 11 is 0. The van der Waals surface area contributed by atoms with E-state index in [0.29, 0.717) is 23.9 Å². The van der Waals surface area contributed by atoms with E-state index in [4.69, 9.17) is 9.47 Å². The third-order valence-electron chi connectivity index (χ3n) is 3.93. The van der Waals surface area contributed by atoms with Crippen molar-refractivity contribution in [2.24, 2.45) is 4.99 Å². The molecule has 0 bridgehead atoms. The number of guanidine groups is 1. The van der Waals surface area contributed by atoms with E-state index < -0.39 is 9.84 Å². The SMILES string of the molecule is CN=C(NCc1ccc(S(C)(=O)=O)cc1)NCc1ccc2c(c1)OCO2.I. The molecular weight excluding hydrogens is 481 g/mol. The maximum absolute atomic E-state index is 11.5. The van der Waals surface area contributed by atoms with Crippen molar-refractivity contribution in [3.8, 4) is 11.5 Å². The van der Waals surface area contributed by atoms with Crippen LogP contribution in [0.15, 0.2) is 52.4 Å². The maximum Gasteiger partial charge on any atom is 0.231 e. The zero-order valence-corrected chi connectivity index (χ0v) is 18.2. The zero-order valence-electron chi connectivity index (χ0n) is 15.1. The van der Waals surface area contributed by atoms with Crippen LogP contribution >= 0.6 is 24.0 Å². The Hall–Kier alpha value is -2.01. The van der Waals surface area contributed by atoms with Gasteiger partial charge >= 0.3 is 0 Å². The van der Waals surface area contributed by atoms with E-state index in [1.54, 1.807) is 31.3 Å². The number of nitrogens with one attached hydrogen (secondary N) is 2. The van der Waals surface area contributed by atoms with Crippen molar-refractivity contribution in [1.82, 2.24) is 10.6 Å². The highest BCUT2D eigenvalue weighted by Crippen LogP contribution is 2.32. The quantitative estimate of drug-likeness (QED) is 0.370. The molecule has 0 amide bonds. The standard InChI is InChI=1S/C18H21N3O4S.HI/c1-19-18(20-10-13-3-6-15(7-4-13)26(2,22)23)21-11-14-5-8-16-17(9-14)25-12-24-16;/h3-9H,10-12H2,1-2H3,(H2,19,20,21);1H. The van der Waals surface area contributed by atoms with Gasteiger partial charge in [-0.2, -0.15) is 0 Å². The Labute approximate surface area is 176 Å². The molecule has 27 heavy (non-hydrogen) atoms. The van der Waals surface area contributed by atoms with Gasteiger partial charge in [0.2, 0.25) is 6.79 Å². The average Bonchev–Trinajstić information content (AvgIpc) is 3.09. The Morgan fingerprint density at radius 1 is 1.00 bits per heavy atom. The molecule has 0 radical (unpaired) electrons. The van der Waals surface area contributed by atoms with Gasteiger partial charge in [-0.05, 0) is 35.4 Å². The van der Waals surface area contributed by atoms with Gasteiger partial charge < -0.3 is 20.1 Å². The summed E-state index contributed by atoms with van der Waals surface area (Å²) in [6, 6.07) is 12.6. The van der Waals surface area contributed by atoms with Crippen LogP contribution in [0.4, 0.5) is 0 Å². The summed E-state index contributed by atoms with van der Waals surface area (Å²) in [5.41, 5.74) is 2.01. The fourth-order valence-corrected chi connectivity index (χ4v) is 3.13. The second kappa shape index (κ2) is 9.27. The van der Waals surface area contributed by atoms with E-state index in [9.17, 15) is 8.42 Å². The van der Waals surface area contributed by atoms with Gasteiger partial charge in [0, 0.05) is 26.4 Å². The second-order valence-electron chi connectivity index (χ2n) is 5.88. The molecule has 0 spiro atoms. The maximum atomic E-state index is 11.5. The lowest BCUT2D eigenvalue weighted by Crippen LogP contribution is -2.36. The van der Waals surface area contributed by atoms with Crippen molar-refractivity contribution in [1.29, 1.82) is 0 Å². The van der Waals surface area contributed by atoms with Crippen LogP contribution in [-0.2, 0) is 22.9 Å². The number of ether oxygens (including phenoxy) is 2. The zero-order chi connectivity index (χ0) is 18.6. The van der Waals surface area contributed by atoms with Gasteiger partial charge in [-0.1, -0.05) is 18.2 Å². The molecule has 0 aromatic heterocycles. The van der Waals surface area contributed by atoms with Crippen molar-refractivity contribution in [2.45, 2.75) is 18.0 Å². The van der Waals surface area contributed by atoms with Gasteiger partial charge in [-0.25, -0.2) is 8.42 Å². The Morgan fingerprint density at radius 3 is 2.22 bits per heavy atom. The molecule has 0 aliphatic carbocycles. The molecule has 1 aliphatic heterocycles. The van der Waals surface area contributed by atoms with Crippen molar-refractivity contribution >= 4 is 39.8 Å². The number of halogens is 1. The minimum atomic E-state index is -3.17. The van der Waals surface area contributed by atoms with Gasteiger partial charge in [-0.15, -0.1) is 24.0 Å². The second-order valence-corrected chi connectivity index (χ2v) is 7.90. The molecule has 3 rings (SSSR count). The summed E-state index contributed by atoms with van der Waals surface area (Å²) in [7, 11) is -1.48. The largest absolute Gasteiger partial charge is 0.454 e. The minimum absolute atomic E-state index is 0. The number of hydrogen-bond donors (Lipinski definition) is 2. The first kappa shape index (κ1) is 21.3. The number of nitrogens with zero attached hydrogens (tertiary/aromatic N) is 1. The molecular formula is C18H22IN3O4S. The molecule has 2 aromatic carbocycles. The lowest BCUT2D eigenvalue weighted by Gasteiger charge is -2.12. The molecule has 0 unspecified atom stereocenters. The van der Waals surface area contributed by atoms with Crippen molar-refractivity contribution in [3.63, 3.8) is 0 Å². The molecule has 7 nitrogen and oxygen atoms in total. The van der Waals surface area contributed by atoms with E-state index in [1.807, 2.05) is 18.2 Å². The Bertz CT molecular complexity index is 915. The highest BCUT2D eigenvalue weighted by molar-refractivity contribution is 14.0. The van der Waals surface area contributed by atoms with Crippen LogP contribution in [0.25, 0.3) is 0 Å². The molecule has 1 heterocycles. The van der Waals surface area contributed by atoms with E-state index in [-0.39, 0.29) is 30.8 Å². The molecule has 146 valence electrons. The third-order valence-corrected chi connectivity index (χ3v) is 5.06. The molecule has 2 aromatic rings. The lowest BCUT2D eigenvalue weighted by atomic mass is 10.2. The predicted molar refractivity (Wildman–Crippen MR) is 115 cm³/mol. The minimum Gasteiger partial charge on any atom is -0.454 e. The molecule has 9 heteroatoms. The van der Waals surface area contributed by atoms with Crippen LogP contribution in [0.3, 0.4) is 0 Å². The molecule has 2 N–H and O–H groups in total. The van der Waals surface area contributed by atoms with Crippen LogP contribution < -0.4 is 20.1 Å². The Morgan fingerprint density at radius 2 is 1.59 bits per heavy atom. The summed E-state index contributed by atoms with van der Waals surface area (Å²) in [5.74, 6) is 2.15. The van der Waals surface area contributed by atoms with Crippen LogP contribution in [0.2, 0.25) is 0 Å². The Balaban J connectivity index is 0.00000261. The van der Waals surface area contributed by atoms with Crippen molar-refractivity contribution < 1.29 is 17.9 Å². The van der Waals surface area contributed by atoms with Crippen LogP contribution in [-0.4, -0.2) is 34.5 Å². The van der Waals surface area contributed by atoms with Gasteiger partial charge in [-0.3, -0.25) is 4.99 Å². The third kappa shape index (κ3) is 5.73. The highest BCUT2D eigenvalue weighted by atomic mass is 127. The monoisotopic (exact) mass is 503 g/mol. The molecule has 1 aliphatic rings. The molecule has 0 saturated heterocycles. The summed E-state index contributed by atoms with van der Waals surface area (Å²) in [4.78, 5) is 4.50. The number of sulfone groups is 1. The summed E-state index contributed by atoms with van der Waals surface area (Å²) in [6.07, 6.45) is 1.20. The van der Waals surface area contributed by atoms with Gasteiger partial charge in [0.05, 0.1) is 4.90 Å². The van der Waals surface area contributed by atoms with Gasteiger partial charge in [0.15, 0.2) is 27.3 Å². The summed E-state index contributed by atoms with van der Waals surface area (Å²) in [6.45, 7) is 1.38. The van der Waals surface area contributed by atoms with E-state index >= 15 is 0 Å². The smallest absolute Gasteiger partial charge is 0.231 e. The number of hydrogen-bond acceptors (Lipinski definition) is 5. The Kier molecular flexibility index (Phi) is 7.31. The average molecular weight is 503 g/mol. The van der Waals surface area contributed by atoms with E-state index in [1.165, 1.54) is 6.26 Å². The van der Waals surface area contributed by atoms with E-state index in [2.05, 4.69) is 15.6 Å². The van der Waals surface area contributed by atoms with Crippen LogP contribution in [0.5, 0.6) is 11.5 Å². The first-order chi connectivity index (χ1) is 12.5.